The number of hydrogen-bond donors (Lipinski definition) is 2. The fourth-order valence-corrected chi connectivity index (χ4v) is 3.99. The van der Waals surface area contributed by atoms with Gasteiger partial charge in [0, 0.05) is 18.8 Å². The predicted molar refractivity (Wildman–Crippen MR) is 142 cm³/mol. The van der Waals surface area contributed by atoms with Crippen LogP contribution in [0.2, 0.25) is 0 Å². The van der Waals surface area contributed by atoms with Crippen LogP contribution < -0.4 is 24.8 Å². The van der Waals surface area contributed by atoms with Crippen LogP contribution in [0.5, 0.6) is 23.0 Å². The first-order chi connectivity index (χ1) is 17.7. The van der Waals surface area contributed by atoms with Gasteiger partial charge in [0.05, 0.1) is 32.5 Å². The lowest BCUT2D eigenvalue weighted by Crippen LogP contribution is -2.05. The number of fused-ring (bicyclic) bond motifs is 1. The molecule has 2 N–H and O–H groups in total. The van der Waals surface area contributed by atoms with Crippen LogP contribution in [-0.4, -0.2) is 35.8 Å². The van der Waals surface area contributed by atoms with Crippen molar-refractivity contribution in [3.8, 4) is 23.0 Å². The molecule has 0 saturated carbocycles. The van der Waals surface area contributed by atoms with Crippen LogP contribution >= 0.6 is 0 Å². The van der Waals surface area contributed by atoms with E-state index in [4.69, 9.17) is 19.2 Å². The van der Waals surface area contributed by atoms with E-state index in [1.807, 2.05) is 85.9 Å². The van der Waals surface area contributed by atoms with Crippen molar-refractivity contribution in [2.75, 3.05) is 31.9 Å². The third kappa shape index (κ3) is 4.88. The maximum absolute atomic E-state index is 5.88. The van der Waals surface area contributed by atoms with Crippen LogP contribution in [-0.2, 0) is 6.54 Å². The number of methoxy groups -OCH3 is 2. The average molecular weight is 482 g/mol. The van der Waals surface area contributed by atoms with Gasteiger partial charge in [-0.1, -0.05) is 24.3 Å². The molecule has 0 saturated heterocycles. The Bertz CT molecular complexity index is 1470. The molecule has 0 atom stereocenters. The van der Waals surface area contributed by atoms with E-state index in [9.17, 15) is 0 Å². The summed E-state index contributed by atoms with van der Waals surface area (Å²) in [7, 11) is 5.13. The summed E-state index contributed by atoms with van der Waals surface area (Å²) in [6.45, 7) is 0.599. The lowest BCUT2D eigenvalue weighted by atomic mass is 10.2. The second-order valence-electron chi connectivity index (χ2n) is 8.08. The smallest absolute Gasteiger partial charge is 0.203 e. The molecular weight excluding hydrogens is 454 g/mol. The van der Waals surface area contributed by atoms with E-state index in [0.717, 1.165) is 45.5 Å². The quantitative estimate of drug-likeness (QED) is 0.264. The number of nitrogens with zero attached hydrogens (tertiary/aromatic N) is 3. The SMILES string of the molecule is CNc1nc2cnc(Nc3ccc(Oc4ccccc4)cc3)cc2n1Cc1ccc(OC)c(OC)c1. The van der Waals surface area contributed by atoms with Crippen molar-refractivity contribution >= 4 is 28.5 Å². The van der Waals surface area contributed by atoms with Gasteiger partial charge < -0.3 is 29.4 Å². The molecular formula is C28H27N5O3. The highest BCUT2D eigenvalue weighted by atomic mass is 16.5. The van der Waals surface area contributed by atoms with Crippen LogP contribution in [0.4, 0.5) is 17.5 Å². The van der Waals surface area contributed by atoms with Gasteiger partial charge >= 0.3 is 0 Å². The average Bonchev–Trinajstić information content (AvgIpc) is 3.27. The third-order valence-electron chi connectivity index (χ3n) is 5.75. The number of imidazole rings is 1. The highest BCUT2D eigenvalue weighted by Crippen LogP contribution is 2.30. The molecule has 36 heavy (non-hydrogen) atoms. The molecule has 0 radical (unpaired) electrons. The standard InChI is InChI=1S/C28H27N5O3/c1-29-28-32-23-17-30-27(31-20-10-12-22(13-11-20)36-21-7-5-4-6-8-21)16-24(23)33(28)18-19-9-14-25(34-2)26(15-19)35-3/h4-17H,18H2,1-3H3,(H,29,32)(H,30,31). The Kier molecular flexibility index (Phi) is 6.57. The Balaban J connectivity index is 1.39. The van der Waals surface area contributed by atoms with Gasteiger partial charge in [0.25, 0.3) is 0 Å². The second kappa shape index (κ2) is 10.3. The number of aromatic nitrogens is 3. The summed E-state index contributed by atoms with van der Waals surface area (Å²) in [4.78, 5) is 9.25. The van der Waals surface area contributed by atoms with Crippen LogP contribution in [0.15, 0.2) is 85.1 Å². The van der Waals surface area contributed by atoms with E-state index >= 15 is 0 Å². The maximum Gasteiger partial charge on any atom is 0.203 e. The summed E-state index contributed by atoms with van der Waals surface area (Å²) >= 11 is 0. The van der Waals surface area contributed by atoms with Gasteiger partial charge in [-0.2, -0.15) is 0 Å². The Hall–Kier alpha value is -4.72. The fourth-order valence-electron chi connectivity index (χ4n) is 3.99. The predicted octanol–water partition coefficient (Wildman–Crippen LogP) is 6.07. The van der Waals surface area contributed by atoms with Crippen LogP contribution in [0, 0.1) is 0 Å². The number of rotatable bonds is 9. The first kappa shape index (κ1) is 23.0. The molecule has 182 valence electrons. The zero-order valence-corrected chi connectivity index (χ0v) is 20.4. The van der Waals surface area contributed by atoms with Gasteiger partial charge in [0.2, 0.25) is 5.95 Å². The van der Waals surface area contributed by atoms with Crippen molar-refractivity contribution < 1.29 is 14.2 Å². The molecule has 0 fully saturated rings. The normalized spacial score (nSPS) is 10.8. The van der Waals surface area contributed by atoms with Gasteiger partial charge in [-0.3, -0.25) is 0 Å². The summed E-state index contributed by atoms with van der Waals surface area (Å²) in [5.74, 6) is 4.42. The number of pyridine rings is 1. The molecule has 8 nitrogen and oxygen atoms in total. The topological polar surface area (TPSA) is 82.5 Å². The van der Waals surface area contributed by atoms with Crippen molar-refractivity contribution in [2.45, 2.75) is 6.54 Å². The molecule has 5 aromatic rings. The summed E-state index contributed by atoms with van der Waals surface area (Å²) in [6, 6.07) is 25.4. The van der Waals surface area contributed by atoms with Crippen molar-refractivity contribution in [1.82, 2.24) is 14.5 Å². The van der Waals surface area contributed by atoms with Crippen LogP contribution in [0.1, 0.15) is 5.56 Å². The molecule has 8 heteroatoms. The van der Waals surface area contributed by atoms with Gasteiger partial charge in [-0.05, 0) is 54.1 Å². The Morgan fingerprint density at radius 3 is 2.31 bits per heavy atom. The molecule has 0 bridgehead atoms. The van der Waals surface area contributed by atoms with Gasteiger partial charge in [-0.15, -0.1) is 0 Å². The minimum atomic E-state index is 0.599. The van der Waals surface area contributed by atoms with Crippen LogP contribution in [0.25, 0.3) is 11.0 Å². The number of nitrogens with one attached hydrogen (secondary N) is 2. The number of anilines is 3. The highest BCUT2D eigenvalue weighted by Gasteiger charge is 2.13. The first-order valence-corrected chi connectivity index (χ1v) is 11.5. The molecule has 0 spiro atoms. The molecule has 5 rings (SSSR count). The van der Waals surface area contributed by atoms with E-state index in [2.05, 4.69) is 20.2 Å². The van der Waals surface area contributed by atoms with Crippen molar-refractivity contribution in [1.29, 1.82) is 0 Å². The molecule has 2 heterocycles. The van der Waals surface area contributed by atoms with Gasteiger partial charge in [0.1, 0.15) is 22.8 Å². The van der Waals surface area contributed by atoms with E-state index in [1.165, 1.54) is 0 Å². The largest absolute Gasteiger partial charge is 0.493 e. The highest BCUT2D eigenvalue weighted by molar-refractivity contribution is 5.81. The minimum Gasteiger partial charge on any atom is -0.493 e. The molecule has 0 unspecified atom stereocenters. The minimum absolute atomic E-state index is 0.599. The molecule has 2 aromatic heterocycles. The number of benzene rings is 3. The summed E-state index contributed by atoms with van der Waals surface area (Å²) < 4.78 is 18.8. The van der Waals surface area contributed by atoms with Crippen molar-refractivity contribution in [3.63, 3.8) is 0 Å². The first-order valence-electron chi connectivity index (χ1n) is 11.5. The van der Waals surface area contributed by atoms with E-state index in [1.54, 1.807) is 20.4 Å². The lowest BCUT2D eigenvalue weighted by molar-refractivity contribution is 0.354. The van der Waals surface area contributed by atoms with E-state index in [0.29, 0.717) is 18.0 Å². The Labute approximate surface area is 209 Å². The van der Waals surface area contributed by atoms with Gasteiger partial charge in [-0.25, -0.2) is 9.97 Å². The number of hydrogen-bond acceptors (Lipinski definition) is 7. The molecule has 0 aliphatic rings. The van der Waals surface area contributed by atoms with Crippen molar-refractivity contribution in [3.05, 3.63) is 90.6 Å². The zero-order chi connectivity index (χ0) is 24.9. The molecule has 0 aliphatic heterocycles. The lowest BCUT2D eigenvalue weighted by Gasteiger charge is -2.13. The van der Waals surface area contributed by atoms with Crippen LogP contribution in [0.3, 0.4) is 0 Å². The Morgan fingerprint density at radius 1 is 0.833 bits per heavy atom. The van der Waals surface area contributed by atoms with Gasteiger partial charge in [0.15, 0.2) is 11.5 Å². The third-order valence-corrected chi connectivity index (χ3v) is 5.75. The van der Waals surface area contributed by atoms with E-state index < -0.39 is 0 Å². The van der Waals surface area contributed by atoms with E-state index in [-0.39, 0.29) is 0 Å². The second-order valence-corrected chi connectivity index (χ2v) is 8.08. The fraction of sp³-hybridized carbons (Fsp3) is 0.143. The van der Waals surface area contributed by atoms with Crippen molar-refractivity contribution in [2.24, 2.45) is 0 Å². The molecule has 0 amide bonds. The zero-order valence-electron chi connectivity index (χ0n) is 20.4. The Morgan fingerprint density at radius 2 is 1.58 bits per heavy atom. The number of para-hydroxylation sites is 1. The molecule has 0 aliphatic carbocycles. The number of ether oxygens (including phenoxy) is 3. The molecule has 3 aromatic carbocycles. The summed E-state index contributed by atoms with van der Waals surface area (Å²) in [6.07, 6.45) is 1.77. The monoisotopic (exact) mass is 481 g/mol. The summed E-state index contributed by atoms with van der Waals surface area (Å²) in [5.41, 5.74) is 3.72. The summed E-state index contributed by atoms with van der Waals surface area (Å²) in [5, 5.41) is 6.56. The maximum atomic E-state index is 5.88.